The highest BCUT2D eigenvalue weighted by atomic mass is 19.2. The van der Waals surface area contributed by atoms with Crippen LogP contribution in [-0.2, 0) is 13.0 Å². The molecule has 0 fully saturated rings. The first-order valence-corrected chi connectivity index (χ1v) is 12.3. The lowest BCUT2D eigenvalue weighted by Crippen LogP contribution is -2.31. The third-order valence-corrected chi connectivity index (χ3v) is 6.74. The normalized spacial score (nSPS) is 13.7. The van der Waals surface area contributed by atoms with Crippen LogP contribution in [0.15, 0.2) is 35.3 Å². The van der Waals surface area contributed by atoms with Crippen LogP contribution in [0.3, 0.4) is 0 Å². The fourth-order valence-electron chi connectivity index (χ4n) is 4.68. The van der Waals surface area contributed by atoms with Crippen molar-refractivity contribution in [2.24, 2.45) is 0 Å². The first-order chi connectivity index (χ1) is 19.1. The van der Waals surface area contributed by atoms with E-state index in [0.29, 0.717) is 29.7 Å². The number of nitrogens with one attached hydrogen (secondary N) is 3. The summed E-state index contributed by atoms with van der Waals surface area (Å²) < 4.78 is 55.9. The molecule has 8 nitrogen and oxygen atoms in total. The quantitative estimate of drug-likeness (QED) is 0.176. The van der Waals surface area contributed by atoms with Gasteiger partial charge in [0.05, 0.1) is 22.8 Å². The van der Waals surface area contributed by atoms with Crippen molar-refractivity contribution >= 4 is 22.6 Å². The number of nitrogens with zero attached hydrogens (tertiary/aromatic N) is 3. The Balaban J connectivity index is 1.46. The molecule has 5 rings (SSSR count). The molecule has 1 amide bonds. The number of likely N-dealkylation sites (N-methyl/N-ethyl adjacent to an activating group) is 1. The number of anilines is 1. The minimum Gasteiger partial charge on any atom is -0.370 e. The van der Waals surface area contributed by atoms with Crippen molar-refractivity contribution in [2.75, 3.05) is 32.5 Å². The largest absolute Gasteiger partial charge is 0.370 e. The van der Waals surface area contributed by atoms with Crippen molar-refractivity contribution in [3.8, 4) is 23.7 Å². The van der Waals surface area contributed by atoms with E-state index in [1.54, 1.807) is 11.0 Å². The molecule has 4 aromatic rings. The molecule has 2 aromatic heterocycles. The Morgan fingerprint density at radius 2 is 1.88 bits per heavy atom. The van der Waals surface area contributed by atoms with Crippen molar-refractivity contribution < 1.29 is 22.4 Å². The highest BCUT2D eigenvalue weighted by Gasteiger charge is 2.29. The molecule has 206 valence electrons. The van der Waals surface area contributed by atoms with Gasteiger partial charge >= 0.3 is 0 Å². The summed E-state index contributed by atoms with van der Waals surface area (Å²) in [5, 5.41) is 2.84. The van der Waals surface area contributed by atoms with Crippen LogP contribution in [0.5, 0.6) is 0 Å². The van der Waals surface area contributed by atoms with E-state index in [1.165, 1.54) is 12.3 Å². The van der Waals surface area contributed by atoms with Crippen molar-refractivity contribution in [3.63, 3.8) is 0 Å². The van der Waals surface area contributed by atoms with Crippen LogP contribution >= 0.6 is 0 Å². The Morgan fingerprint density at radius 1 is 1.15 bits per heavy atom. The maximum absolute atomic E-state index is 14.3. The number of carbonyl (C=O) groups is 1. The number of H-pyrrole nitrogens is 2. The molecule has 2 aromatic carbocycles. The Hall–Kier alpha value is -4.63. The predicted molar refractivity (Wildman–Crippen MR) is 142 cm³/mol. The topological polar surface area (TPSA) is 97.1 Å². The fraction of sp³-hybridized carbons (Fsp3) is 0.250. The predicted octanol–water partition coefficient (Wildman–Crippen LogP) is 3.65. The molecule has 1 unspecified atom stereocenters. The number of pyridine rings is 1. The first kappa shape index (κ1) is 27.0. The van der Waals surface area contributed by atoms with Crippen LogP contribution in [0.25, 0.3) is 22.4 Å². The van der Waals surface area contributed by atoms with Gasteiger partial charge in [-0.25, -0.2) is 22.5 Å². The molecule has 0 aliphatic carbocycles. The third-order valence-electron chi connectivity index (χ3n) is 6.74. The van der Waals surface area contributed by atoms with Crippen LogP contribution in [0.2, 0.25) is 0 Å². The molecule has 12 heteroatoms. The average molecular weight is 553 g/mol. The second-order valence-corrected chi connectivity index (χ2v) is 9.75. The number of hydrogen-bond acceptors (Lipinski definition) is 5. The summed E-state index contributed by atoms with van der Waals surface area (Å²) in [6.07, 6.45) is 6.29. The molecule has 0 radical (unpaired) electrons. The number of terminal acetylenes is 1. The Bertz CT molecular complexity index is 1710. The summed E-state index contributed by atoms with van der Waals surface area (Å²) >= 11 is 0. The number of hydrogen-bond donors (Lipinski definition) is 3. The first-order valence-electron chi connectivity index (χ1n) is 12.3. The maximum Gasteiger partial charge on any atom is 0.261 e. The van der Waals surface area contributed by atoms with E-state index < -0.39 is 46.9 Å². The lowest BCUT2D eigenvalue weighted by atomic mass is 10.0. The molecule has 3 heterocycles. The molecule has 3 N–H and O–H groups in total. The Morgan fingerprint density at radius 3 is 2.55 bits per heavy atom. The van der Waals surface area contributed by atoms with Crippen LogP contribution in [0, 0.1) is 35.6 Å². The molecular weight excluding hydrogens is 528 g/mol. The van der Waals surface area contributed by atoms with E-state index >= 15 is 0 Å². The zero-order valence-electron chi connectivity index (χ0n) is 21.5. The molecule has 40 heavy (non-hydrogen) atoms. The monoisotopic (exact) mass is 552 g/mol. The van der Waals surface area contributed by atoms with Crippen molar-refractivity contribution in [1.82, 2.24) is 24.8 Å². The lowest BCUT2D eigenvalue weighted by Gasteiger charge is -2.18. The molecule has 0 bridgehead atoms. The van der Waals surface area contributed by atoms with Crippen molar-refractivity contribution in [2.45, 2.75) is 19.0 Å². The number of halogens is 4. The van der Waals surface area contributed by atoms with Gasteiger partial charge in [0.25, 0.3) is 11.5 Å². The van der Waals surface area contributed by atoms with Gasteiger partial charge in [-0.1, -0.05) is 5.92 Å². The van der Waals surface area contributed by atoms with E-state index in [4.69, 9.17) is 6.42 Å². The molecule has 1 atom stereocenters. The van der Waals surface area contributed by atoms with Crippen LogP contribution in [-0.4, -0.2) is 63.9 Å². The highest BCUT2D eigenvalue weighted by molar-refractivity contribution is 6.02. The number of benzene rings is 2. The minimum atomic E-state index is -1.55. The van der Waals surface area contributed by atoms with E-state index in [-0.39, 0.29) is 29.0 Å². The van der Waals surface area contributed by atoms with Crippen LogP contribution in [0.4, 0.5) is 23.2 Å². The summed E-state index contributed by atoms with van der Waals surface area (Å²) in [6.45, 7) is 1.75. The fourth-order valence-corrected chi connectivity index (χ4v) is 4.68. The minimum absolute atomic E-state index is 0.0458. The average Bonchev–Trinajstić information content (AvgIpc) is 3.46. The molecule has 0 saturated heterocycles. The van der Waals surface area contributed by atoms with Gasteiger partial charge in [0.15, 0.2) is 23.3 Å². The number of carbonyl (C=O) groups excluding carboxylic acids is 1. The molecular formula is C28H24F4N6O2. The summed E-state index contributed by atoms with van der Waals surface area (Å²) in [6, 6.07) is 3.92. The molecule has 0 spiro atoms. The summed E-state index contributed by atoms with van der Waals surface area (Å²) in [5.41, 5.74) is 1.21. The molecule has 1 aliphatic rings. The van der Waals surface area contributed by atoms with Crippen LogP contribution in [0.1, 0.15) is 21.5 Å². The number of aromatic amines is 2. The van der Waals surface area contributed by atoms with Crippen molar-refractivity contribution in [1.29, 1.82) is 0 Å². The second kappa shape index (κ2) is 10.5. The number of amides is 1. The van der Waals surface area contributed by atoms with Gasteiger partial charge in [-0.2, -0.15) is 0 Å². The van der Waals surface area contributed by atoms with Gasteiger partial charge in [-0.15, -0.1) is 6.42 Å². The van der Waals surface area contributed by atoms with Gasteiger partial charge in [-0.05, 0) is 37.9 Å². The summed E-state index contributed by atoms with van der Waals surface area (Å²) in [4.78, 5) is 39.7. The van der Waals surface area contributed by atoms with Gasteiger partial charge in [-0.3, -0.25) is 9.59 Å². The molecule has 1 aliphatic heterocycles. The number of imidazole rings is 1. The van der Waals surface area contributed by atoms with Gasteiger partial charge in [0.1, 0.15) is 11.4 Å². The van der Waals surface area contributed by atoms with E-state index in [0.717, 1.165) is 12.1 Å². The van der Waals surface area contributed by atoms with Gasteiger partial charge in [0.2, 0.25) is 0 Å². The van der Waals surface area contributed by atoms with E-state index in [1.807, 2.05) is 25.1 Å². The maximum atomic E-state index is 14.3. The summed E-state index contributed by atoms with van der Waals surface area (Å²) in [7, 11) is 3.86. The number of fused-ring (bicyclic) bond motifs is 2. The second-order valence-electron chi connectivity index (χ2n) is 9.75. The van der Waals surface area contributed by atoms with Gasteiger partial charge in [0, 0.05) is 49.4 Å². The Kier molecular flexibility index (Phi) is 7.08. The molecule has 0 saturated carbocycles. The third kappa shape index (κ3) is 4.91. The zero-order valence-corrected chi connectivity index (χ0v) is 21.5. The van der Waals surface area contributed by atoms with E-state index in [9.17, 15) is 27.2 Å². The zero-order chi connectivity index (χ0) is 28.7. The SMILES string of the molecule is C#CC(Cc1c(F)c(F)cc(F)c1F)Nc1cc[nH]c(=O)c1-c1nc2cc3c(cc2[nH]1)CN(CCN(C)C)C3=O. The highest BCUT2D eigenvalue weighted by Crippen LogP contribution is 2.30. The van der Waals surface area contributed by atoms with Crippen molar-refractivity contribution in [3.05, 3.63) is 80.8 Å². The smallest absolute Gasteiger partial charge is 0.261 e. The van der Waals surface area contributed by atoms with Crippen LogP contribution < -0.4 is 10.9 Å². The summed E-state index contributed by atoms with van der Waals surface area (Å²) in [5.74, 6) is -3.84. The standard InChI is InChI=1S/C28H24F4N6O2/c1-4-15(10-17-24(31)18(29)12-19(30)25(17)32)34-20-5-6-33-27(39)23(20)26-35-21-9-14-13-38(8-7-37(2)3)28(40)16(14)11-22(21)36-26/h1,5-6,9,11-12,15H,7-8,10,13H2,2-3H3,(H,35,36)(H2,33,34,39). The number of rotatable bonds is 8. The lowest BCUT2D eigenvalue weighted by molar-refractivity contribution is 0.0768. The Labute approximate surface area is 226 Å². The number of aromatic nitrogens is 3. The van der Waals surface area contributed by atoms with Gasteiger partial charge < -0.3 is 25.1 Å². The van der Waals surface area contributed by atoms with E-state index in [2.05, 4.69) is 26.2 Å².